The Kier molecular flexibility index (Phi) is 3.13. The third-order valence-corrected chi connectivity index (χ3v) is 3.13. The second-order valence-electron chi connectivity index (χ2n) is 3.98. The van der Waals surface area contributed by atoms with Crippen LogP contribution in [0.25, 0.3) is 0 Å². The van der Waals surface area contributed by atoms with Crippen molar-refractivity contribution in [1.82, 2.24) is 4.42 Å². The van der Waals surface area contributed by atoms with Crippen LogP contribution in [0.1, 0.15) is 23.5 Å². The van der Waals surface area contributed by atoms with Crippen LogP contribution in [0, 0.1) is 0 Å². The molecule has 1 aromatic rings. The van der Waals surface area contributed by atoms with E-state index in [0.29, 0.717) is 6.54 Å². The Balaban J connectivity index is 2.23. The monoisotopic (exact) mass is 249 g/mol. The Morgan fingerprint density at radius 1 is 1.31 bits per heavy atom. The summed E-state index contributed by atoms with van der Waals surface area (Å²) in [6.07, 6.45) is -3.46. The molecule has 1 aliphatic rings. The molecule has 0 amide bonds. The van der Waals surface area contributed by atoms with E-state index < -0.39 is 11.7 Å². The Labute approximate surface area is 96.9 Å². The van der Waals surface area contributed by atoms with Gasteiger partial charge < -0.3 is 0 Å². The van der Waals surface area contributed by atoms with Crippen molar-refractivity contribution >= 4 is 11.8 Å². The maximum atomic E-state index is 12.5. The first-order valence-corrected chi connectivity index (χ1v) is 5.38. The summed E-state index contributed by atoms with van der Waals surface area (Å²) >= 11 is 5.80. The van der Waals surface area contributed by atoms with E-state index in [4.69, 9.17) is 11.8 Å². The fourth-order valence-corrected chi connectivity index (χ4v) is 2.22. The molecule has 0 radical (unpaired) electrons. The largest absolute Gasteiger partial charge is 0.416 e. The zero-order valence-electron chi connectivity index (χ0n) is 8.47. The summed E-state index contributed by atoms with van der Waals surface area (Å²) in [6, 6.07) is 5.50. The van der Waals surface area contributed by atoms with Crippen molar-refractivity contribution in [2.24, 2.45) is 0 Å². The Morgan fingerprint density at radius 2 is 2.06 bits per heavy atom. The highest BCUT2D eigenvalue weighted by Gasteiger charge is 2.31. The average molecular weight is 250 g/mol. The summed E-state index contributed by atoms with van der Waals surface area (Å²) in [5.41, 5.74) is 0.135. The molecule has 1 aliphatic heterocycles. The van der Waals surface area contributed by atoms with Crippen molar-refractivity contribution in [2.45, 2.75) is 18.5 Å². The first-order valence-electron chi connectivity index (χ1n) is 5.04. The van der Waals surface area contributed by atoms with E-state index in [1.165, 1.54) is 12.1 Å². The van der Waals surface area contributed by atoms with Gasteiger partial charge in [0.2, 0.25) is 0 Å². The highest BCUT2D eigenvalue weighted by Crippen LogP contribution is 2.33. The molecule has 1 nitrogen and oxygen atoms in total. The lowest BCUT2D eigenvalue weighted by atomic mass is 9.96. The summed E-state index contributed by atoms with van der Waals surface area (Å²) < 4.78 is 39.1. The van der Waals surface area contributed by atoms with Crippen LogP contribution in [0.4, 0.5) is 13.2 Å². The Hall–Kier alpha value is -0.740. The van der Waals surface area contributed by atoms with Gasteiger partial charge >= 0.3 is 6.18 Å². The molecular weight excluding hydrogens is 239 g/mol. The molecular formula is C11H11ClF3N. The van der Waals surface area contributed by atoms with Crippen LogP contribution in [-0.4, -0.2) is 17.5 Å². The van der Waals surface area contributed by atoms with E-state index in [0.717, 1.165) is 24.6 Å². The lowest BCUT2D eigenvalue weighted by molar-refractivity contribution is -0.137. The third kappa shape index (κ3) is 2.50. The Morgan fingerprint density at radius 3 is 2.62 bits per heavy atom. The van der Waals surface area contributed by atoms with E-state index in [-0.39, 0.29) is 5.92 Å². The molecule has 0 N–H and O–H groups in total. The number of hydrogen-bond donors (Lipinski definition) is 0. The van der Waals surface area contributed by atoms with Crippen LogP contribution < -0.4 is 0 Å². The van der Waals surface area contributed by atoms with Crippen molar-refractivity contribution in [3.05, 3.63) is 35.4 Å². The van der Waals surface area contributed by atoms with Gasteiger partial charge in [0.1, 0.15) is 0 Å². The molecule has 1 unspecified atom stereocenters. The molecule has 1 atom stereocenters. The van der Waals surface area contributed by atoms with Crippen molar-refractivity contribution in [3.63, 3.8) is 0 Å². The fraction of sp³-hybridized carbons (Fsp3) is 0.455. The van der Waals surface area contributed by atoms with Crippen LogP contribution in [0.2, 0.25) is 0 Å². The summed E-state index contributed by atoms with van der Waals surface area (Å²) in [5, 5.41) is 0. The van der Waals surface area contributed by atoms with Gasteiger partial charge in [-0.3, -0.25) is 0 Å². The molecule has 16 heavy (non-hydrogen) atoms. The SMILES string of the molecule is FC(F)(F)c1cccc(C2CCN(Cl)C2)c1. The van der Waals surface area contributed by atoms with Gasteiger partial charge in [0.25, 0.3) is 0 Å². The molecule has 88 valence electrons. The summed E-state index contributed by atoms with van der Waals surface area (Å²) in [6.45, 7) is 1.34. The first kappa shape index (κ1) is 11.7. The van der Waals surface area contributed by atoms with Crippen LogP contribution >= 0.6 is 11.8 Å². The number of benzene rings is 1. The van der Waals surface area contributed by atoms with Gasteiger partial charge in [-0.2, -0.15) is 13.2 Å². The van der Waals surface area contributed by atoms with Gasteiger partial charge in [-0.15, -0.1) is 0 Å². The normalized spacial score (nSPS) is 22.6. The molecule has 0 spiro atoms. The summed E-state index contributed by atoms with van der Waals surface area (Å²) in [7, 11) is 0. The molecule has 1 aromatic carbocycles. The molecule has 0 bridgehead atoms. The number of nitrogens with zero attached hydrogens (tertiary/aromatic N) is 1. The number of alkyl halides is 3. The number of rotatable bonds is 1. The van der Waals surface area contributed by atoms with E-state index in [1.54, 1.807) is 10.5 Å². The topological polar surface area (TPSA) is 3.24 Å². The molecule has 5 heteroatoms. The van der Waals surface area contributed by atoms with Crippen molar-refractivity contribution in [3.8, 4) is 0 Å². The molecule has 0 aromatic heterocycles. The summed E-state index contributed by atoms with van der Waals surface area (Å²) in [5.74, 6) is 0.111. The summed E-state index contributed by atoms with van der Waals surface area (Å²) in [4.78, 5) is 0. The number of hydrogen-bond acceptors (Lipinski definition) is 1. The van der Waals surface area contributed by atoms with Crippen LogP contribution in [0.3, 0.4) is 0 Å². The maximum Gasteiger partial charge on any atom is 0.416 e. The molecule has 0 aliphatic carbocycles. The van der Waals surface area contributed by atoms with Gasteiger partial charge in [-0.25, -0.2) is 4.42 Å². The maximum absolute atomic E-state index is 12.5. The van der Waals surface area contributed by atoms with Gasteiger partial charge in [0.15, 0.2) is 0 Å². The van der Waals surface area contributed by atoms with Crippen molar-refractivity contribution in [2.75, 3.05) is 13.1 Å². The minimum absolute atomic E-state index is 0.111. The van der Waals surface area contributed by atoms with Crippen molar-refractivity contribution < 1.29 is 13.2 Å². The zero-order chi connectivity index (χ0) is 11.8. The molecule has 1 fully saturated rings. The lowest BCUT2D eigenvalue weighted by Gasteiger charge is -2.12. The first-order chi connectivity index (χ1) is 7.47. The highest BCUT2D eigenvalue weighted by atomic mass is 35.5. The van der Waals surface area contributed by atoms with Crippen molar-refractivity contribution in [1.29, 1.82) is 0 Å². The van der Waals surface area contributed by atoms with E-state index in [9.17, 15) is 13.2 Å². The smallest absolute Gasteiger partial charge is 0.220 e. The predicted molar refractivity (Wildman–Crippen MR) is 56.2 cm³/mol. The predicted octanol–water partition coefficient (Wildman–Crippen LogP) is 3.65. The highest BCUT2D eigenvalue weighted by molar-refractivity contribution is 6.13. The Bertz CT molecular complexity index is 378. The molecule has 2 rings (SSSR count). The van der Waals surface area contributed by atoms with Crippen LogP contribution in [0.15, 0.2) is 24.3 Å². The van der Waals surface area contributed by atoms with Gasteiger partial charge in [0, 0.05) is 13.1 Å². The molecule has 0 saturated carbocycles. The molecule has 1 heterocycles. The minimum Gasteiger partial charge on any atom is -0.220 e. The van der Waals surface area contributed by atoms with Gasteiger partial charge in [-0.05, 0) is 35.7 Å². The lowest BCUT2D eigenvalue weighted by Crippen LogP contribution is -2.09. The second kappa shape index (κ2) is 4.26. The minimum atomic E-state index is -4.27. The van der Waals surface area contributed by atoms with Gasteiger partial charge in [0.05, 0.1) is 5.56 Å². The second-order valence-corrected chi connectivity index (χ2v) is 4.46. The fourth-order valence-electron chi connectivity index (χ4n) is 1.96. The van der Waals surface area contributed by atoms with Gasteiger partial charge in [-0.1, -0.05) is 18.2 Å². The van der Waals surface area contributed by atoms with E-state index in [2.05, 4.69) is 0 Å². The van der Waals surface area contributed by atoms with Crippen LogP contribution in [0.5, 0.6) is 0 Å². The third-order valence-electron chi connectivity index (χ3n) is 2.82. The zero-order valence-corrected chi connectivity index (χ0v) is 9.22. The van der Waals surface area contributed by atoms with E-state index >= 15 is 0 Å². The quantitative estimate of drug-likeness (QED) is 0.687. The van der Waals surface area contributed by atoms with Crippen LogP contribution in [-0.2, 0) is 6.18 Å². The number of halogens is 4. The molecule has 1 saturated heterocycles. The average Bonchev–Trinajstić information content (AvgIpc) is 2.64. The standard InChI is InChI=1S/C11H11ClF3N/c12-16-5-4-9(7-16)8-2-1-3-10(6-8)11(13,14)15/h1-3,6,9H,4-5,7H2. The van der Waals surface area contributed by atoms with E-state index in [1.807, 2.05) is 0 Å².